The molecule has 0 spiro atoms. The second kappa shape index (κ2) is 5.25. The standard InChI is InChI=1S/C17H23FN2O/c1-11-8-19-16(12-2-3-12)10-20(11)9-15-7-13-6-14(18)4-5-17(13)21-15/h4-6,11-12,15-16,19H,2-3,7-10H2,1H3. The van der Waals surface area contributed by atoms with Crippen LogP contribution in [0.15, 0.2) is 18.2 Å². The van der Waals surface area contributed by atoms with Gasteiger partial charge in [0, 0.05) is 43.7 Å². The van der Waals surface area contributed by atoms with Crippen molar-refractivity contribution >= 4 is 0 Å². The maximum absolute atomic E-state index is 13.3. The fourth-order valence-corrected chi connectivity index (χ4v) is 3.67. The van der Waals surface area contributed by atoms with E-state index in [1.54, 1.807) is 12.1 Å². The summed E-state index contributed by atoms with van der Waals surface area (Å²) in [5, 5.41) is 3.68. The number of halogens is 1. The van der Waals surface area contributed by atoms with Gasteiger partial charge in [0.15, 0.2) is 0 Å². The quantitative estimate of drug-likeness (QED) is 0.923. The van der Waals surface area contributed by atoms with Gasteiger partial charge in [0.2, 0.25) is 0 Å². The molecule has 1 aromatic carbocycles. The Hall–Kier alpha value is -1.13. The van der Waals surface area contributed by atoms with Gasteiger partial charge in [-0.1, -0.05) is 0 Å². The van der Waals surface area contributed by atoms with Gasteiger partial charge in [0.1, 0.15) is 17.7 Å². The van der Waals surface area contributed by atoms with E-state index in [4.69, 9.17) is 4.74 Å². The molecule has 1 aromatic rings. The van der Waals surface area contributed by atoms with Crippen molar-refractivity contribution < 1.29 is 9.13 Å². The molecule has 2 heterocycles. The van der Waals surface area contributed by atoms with Gasteiger partial charge in [-0.3, -0.25) is 4.90 Å². The van der Waals surface area contributed by atoms with E-state index in [-0.39, 0.29) is 11.9 Å². The van der Waals surface area contributed by atoms with Crippen LogP contribution < -0.4 is 10.1 Å². The van der Waals surface area contributed by atoms with E-state index in [2.05, 4.69) is 17.1 Å². The zero-order valence-corrected chi connectivity index (χ0v) is 12.5. The lowest BCUT2D eigenvalue weighted by atomic mass is 10.0. The largest absolute Gasteiger partial charge is 0.488 e. The summed E-state index contributed by atoms with van der Waals surface area (Å²) in [7, 11) is 0. The highest BCUT2D eigenvalue weighted by atomic mass is 19.1. The highest BCUT2D eigenvalue weighted by molar-refractivity contribution is 5.38. The first-order valence-electron chi connectivity index (χ1n) is 8.11. The van der Waals surface area contributed by atoms with Crippen LogP contribution in [0.4, 0.5) is 4.39 Å². The lowest BCUT2D eigenvalue weighted by molar-refractivity contribution is 0.0830. The molecule has 2 fully saturated rings. The third-order valence-corrected chi connectivity index (χ3v) is 5.12. The number of hydrogen-bond acceptors (Lipinski definition) is 3. The van der Waals surface area contributed by atoms with Gasteiger partial charge < -0.3 is 10.1 Å². The lowest BCUT2D eigenvalue weighted by Crippen LogP contribution is -2.57. The molecule has 4 rings (SSSR count). The van der Waals surface area contributed by atoms with Crippen LogP contribution >= 0.6 is 0 Å². The molecule has 2 aliphatic heterocycles. The Kier molecular flexibility index (Phi) is 3.38. The van der Waals surface area contributed by atoms with Gasteiger partial charge in [-0.05, 0) is 43.9 Å². The molecule has 1 saturated carbocycles. The van der Waals surface area contributed by atoms with Crippen molar-refractivity contribution in [3.8, 4) is 5.75 Å². The van der Waals surface area contributed by atoms with Crippen LogP contribution in [-0.4, -0.2) is 42.7 Å². The van der Waals surface area contributed by atoms with Crippen LogP contribution in [0.5, 0.6) is 5.75 Å². The molecule has 3 nitrogen and oxygen atoms in total. The predicted molar refractivity (Wildman–Crippen MR) is 80.1 cm³/mol. The van der Waals surface area contributed by atoms with Crippen LogP contribution in [-0.2, 0) is 6.42 Å². The number of nitrogens with zero attached hydrogens (tertiary/aromatic N) is 1. The van der Waals surface area contributed by atoms with E-state index in [0.29, 0.717) is 12.1 Å². The van der Waals surface area contributed by atoms with Crippen LogP contribution in [0, 0.1) is 11.7 Å². The number of piperazine rings is 1. The Bertz CT molecular complexity index is 532. The average molecular weight is 290 g/mol. The van der Waals surface area contributed by atoms with E-state index in [9.17, 15) is 4.39 Å². The summed E-state index contributed by atoms with van der Waals surface area (Å²) in [6, 6.07) is 6.06. The molecule has 114 valence electrons. The molecule has 0 aromatic heterocycles. The van der Waals surface area contributed by atoms with Crippen molar-refractivity contribution in [3.63, 3.8) is 0 Å². The van der Waals surface area contributed by atoms with Crippen molar-refractivity contribution in [2.24, 2.45) is 5.92 Å². The minimum atomic E-state index is -0.165. The van der Waals surface area contributed by atoms with E-state index >= 15 is 0 Å². The fourth-order valence-electron chi connectivity index (χ4n) is 3.67. The Morgan fingerprint density at radius 3 is 3.05 bits per heavy atom. The molecule has 0 radical (unpaired) electrons. The van der Waals surface area contributed by atoms with Gasteiger partial charge in [-0.2, -0.15) is 0 Å². The molecule has 1 N–H and O–H groups in total. The number of ether oxygens (including phenoxy) is 1. The SMILES string of the molecule is CC1CNC(C2CC2)CN1CC1Cc2cc(F)ccc2O1. The first-order valence-corrected chi connectivity index (χ1v) is 8.11. The summed E-state index contributed by atoms with van der Waals surface area (Å²) in [4.78, 5) is 2.55. The lowest BCUT2D eigenvalue weighted by Gasteiger charge is -2.40. The second-order valence-corrected chi connectivity index (χ2v) is 6.85. The maximum atomic E-state index is 13.3. The van der Waals surface area contributed by atoms with E-state index in [1.165, 1.54) is 18.9 Å². The number of fused-ring (bicyclic) bond motifs is 1. The first kappa shape index (κ1) is 13.5. The molecule has 1 saturated heterocycles. The molecule has 3 aliphatic rings. The first-order chi connectivity index (χ1) is 10.2. The van der Waals surface area contributed by atoms with Crippen molar-refractivity contribution in [2.75, 3.05) is 19.6 Å². The third kappa shape index (κ3) is 2.79. The Balaban J connectivity index is 1.39. The van der Waals surface area contributed by atoms with Crippen molar-refractivity contribution in [3.05, 3.63) is 29.6 Å². The maximum Gasteiger partial charge on any atom is 0.123 e. The summed E-state index contributed by atoms with van der Waals surface area (Å²) in [6.45, 7) is 5.41. The number of hydrogen-bond donors (Lipinski definition) is 1. The highest BCUT2D eigenvalue weighted by Crippen LogP contribution is 2.35. The van der Waals surface area contributed by atoms with Crippen LogP contribution in [0.2, 0.25) is 0 Å². The molecular formula is C17H23FN2O. The molecule has 4 heteroatoms. The number of rotatable bonds is 3. The molecule has 3 atom stereocenters. The minimum Gasteiger partial charge on any atom is -0.488 e. The second-order valence-electron chi connectivity index (χ2n) is 6.85. The van der Waals surface area contributed by atoms with Gasteiger partial charge in [0.05, 0.1) is 0 Å². The van der Waals surface area contributed by atoms with Crippen molar-refractivity contribution in [2.45, 2.75) is 44.4 Å². The average Bonchev–Trinajstić information content (AvgIpc) is 3.22. The topological polar surface area (TPSA) is 24.5 Å². The van der Waals surface area contributed by atoms with Gasteiger partial charge in [0.25, 0.3) is 0 Å². The summed E-state index contributed by atoms with van der Waals surface area (Å²) in [5.74, 6) is 1.58. The molecule has 3 unspecified atom stereocenters. The predicted octanol–water partition coefficient (Wildman–Crippen LogP) is 2.20. The minimum absolute atomic E-state index is 0.165. The van der Waals surface area contributed by atoms with E-state index in [1.807, 2.05) is 0 Å². The molecule has 1 aliphatic carbocycles. The number of benzene rings is 1. The molecular weight excluding hydrogens is 267 g/mol. The Labute approximate surface area is 125 Å². The van der Waals surface area contributed by atoms with Crippen molar-refractivity contribution in [1.29, 1.82) is 0 Å². The van der Waals surface area contributed by atoms with Gasteiger partial charge >= 0.3 is 0 Å². The molecule has 21 heavy (non-hydrogen) atoms. The normalized spacial score (nSPS) is 32.8. The Morgan fingerprint density at radius 1 is 1.38 bits per heavy atom. The number of nitrogens with one attached hydrogen (secondary N) is 1. The summed E-state index contributed by atoms with van der Waals surface area (Å²) in [6.07, 6.45) is 3.76. The monoisotopic (exact) mass is 290 g/mol. The van der Waals surface area contributed by atoms with E-state index < -0.39 is 0 Å². The Morgan fingerprint density at radius 2 is 2.24 bits per heavy atom. The van der Waals surface area contributed by atoms with Gasteiger partial charge in [-0.25, -0.2) is 4.39 Å². The zero-order chi connectivity index (χ0) is 14.4. The molecule has 0 bridgehead atoms. The zero-order valence-electron chi connectivity index (χ0n) is 12.5. The summed E-state index contributed by atoms with van der Waals surface area (Å²) < 4.78 is 19.3. The van der Waals surface area contributed by atoms with Gasteiger partial charge in [-0.15, -0.1) is 0 Å². The summed E-state index contributed by atoms with van der Waals surface area (Å²) in [5.41, 5.74) is 1.02. The van der Waals surface area contributed by atoms with E-state index in [0.717, 1.165) is 43.3 Å². The fraction of sp³-hybridized carbons (Fsp3) is 0.647. The third-order valence-electron chi connectivity index (χ3n) is 5.12. The smallest absolute Gasteiger partial charge is 0.123 e. The highest BCUT2D eigenvalue weighted by Gasteiger charge is 2.37. The summed E-state index contributed by atoms with van der Waals surface area (Å²) >= 11 is 0. The van der Waals surface area contributed by atoms with Crippen molar-refractivity contribution in [1.82, 2.24) is 10.2 Å². The van der Waals surface area contributed by atoms with Crippen LogP contribution in [0.3, 0.4) is 0 Å². The molecule has 0 amide bonds. The van der Waals surface area contributed by atoms with Crippen LogP contribution in [0.25, 0.3) is 0 Å². The van der Waals surface area contributed by atoms with Crippen LogP contribution in [0.1, 0.15) is 25.3 Å².